The highest BCUT2D eigenvalue weighted by Gasteiger charge is 2.24. The van der Waals surface area contributed by atoms with Crippen LogP contribution in [0.3, 0.4) is 0 Å². The standard InChI is InChI=1S/C29H42N2/c1-18-13-20(3)26(21(4)14-18)30-24(28(7,8)9)17-25(29(10,11)12)31-27-22(5)15-19(2)16-23(27)6/h13-17,30H,1-12H3/b24-17-,31-25?. The number of nitrogens with zero attached hydrogens (tertiary/aromatic N) is 1. The van der Waals surface area contributed by atoms with Gasteiger partial charge in [-0.05, 0) is 69.9 Å². The Kier molecular flexibility index (Phi) is 7.25. The fourth-order valence-electron chi connectivity index (χ4n) is 3.97. The maximum absolute atomic E-state index is 5.22. The molecule has 0 unspecified atom stereocenters. The predicted octanol–water partition coefficient (Wildman–Crippen LogP) is 8.70. The number of hydrogen-bond donors (Lipinski definition) is 1. The lowest BCUT2D eigenvalue weighted by atomic mass is 9.84. The van der Waals surface area contributed by atoms with Crippen LogP contribution in [-0.2, 0) is 0 Å². The number of allylic oxidation sites excluding steroid dienone is 2. The lowest BCUT2D eigenvalue weighted by molar-refractivity contribution is 0.506. The smallest absolute Gasteiger partial charge is 0.0691 e. The Morgan fingerprint density at radius 1 is 0.677 bits per heavy atom. The lowest BCUT2D eigenvalue weighted by Crippen LogP contribution is -2.24. The van der Waals surface area contributed by atoms with Gasteiger partial charge in [-0.15, -0.1) is 0 Å². The van der Waals surface area contributed by atoms with Crippen molar-refractivity contribution in [3.63, 3.8) is 0 Å². The summed E-state index contributed by atoms with van der Waals surface area (Å²) in [4.78, 5) is 5.22. The van der Waals surface area contributed by atoms with Crippen LogP contribution in [0.4, 0.5) is 11.4 Å². The molecular weight excluding hydrogens is 376 g/mol. The topological polar surface area (TPSA) is 24.4 Å². The molecule has 0 amide bonds. The maximum Gasteiger partial charge on any atom is 0.0691 e. The first kappa shape index (κ1) is 24.9. The molecule has 2 rings (SSSR count). The second-order valence-corrected chi connectivity index (χ2v) is 11.2. The monoisotopic (exact) mass is 418 g/mol. The molecule has 0 fully saturated rings. The van der Waals surface area contributed by atoms with Gasteiger partial charge in [0.25, 0.3) is 0 Å². The van der Waals surface area contributed by atoms with Crippen molar-refractivity contribution in [2.75, 3.05) is 5.32 Å². The second-order valence-electron chi connectivity index (χ2n) is 11.2. The Bertz CT molecular complexity index is 976. The van der Waals surface area contributed by atoms with Gasteiger partial charge in [0.2, 0.25) is 0 Å². The molecule has 0 saturated carbocycles. The number of anilines is 1. The molecule has 168 valence electrons. The van der Waals surface area contributed by atoms with Gasteiger partial charge in [-0.3, -0.25) is 4.99 Å². The molecule has 0 bridgehead atoms. The SMILES string of the molecule is Cc1cc(C)c(N=C(/C=C(\Nc2c(C)cc(C)cc2C)C(C)(C)C)C(C)(C)C)c(C)c1. The molecule has 2 heteroatoms. The fourth-order valence-corrected chi connectivity index (χ4v) is 3.97. The third kappa shape index (κ3) is 6.32. The fraction of sp³-hybridized carbons (Fsp3) is 0.483. The van der Waals surface area contributed by atoms with E-state index >= 15 is 0 Å². The van der Waals surface area contributed by atoms with Crippen molar-refractivity contribution < 1.29 is 0 Å². The summed E-state index contributed by atoms with van der Waals surface area (Å²) in [5.74, 6) is 0. The molecule has 1 N–H and O–H groups in total. The molecule has 0 atom stereocenters. The first-order chi connectivity index (χ1) is 14.1. The van der Waals surface area contributed by atoms with Crippen molar-refractivity contribution in [2.45, 2.75) is 83.1 Å². The summed E-state index contributed by atoms with van der Waals surface area (Å²) in [7, 11) is 0. The summed E-state index contributed by atoms with van der Waals surface area (Å²) in [6.45, 7) is 26.5. The summed E-state index contributed by atoms with van der Waals surface area (Å²) >= 11 is 0. The molecule has 0 aromatic heterocycles. The first-order valence-electron chi connectivity index (χ1n) is 11.3. The van der Waals surface area contributed by atoms with Crippen LogP contribution in [0, 0.1) is 52.4 Å². The highest BCUT2D eigenvalue weighted by atomic mass is 14.9. The number of nitrogens with one attached hydrogen (secondary N) is 1. The Labute approximate surface area is 190 Å². The quantitative estimate of drug-likeness (QED) is 0.493. The van der Waals surface area contributed by atoms with Crippen LogP contribution in [0.25, 0.3) is 0 Å². The van der Waals surface area contributed by atoms with Crippen molar-refractivity contribution in [2.24, 2.45) is 15.8 Å². The van der Waals surface area contributed by atoms with E-state index in [2.05, 4.69) is 119 Å². The van der Waals surface area contributed by atoms with E-state index in [1.165, 1.54) is 44.8 Å². The van der Waals surface area contributed by atoms with Gasteiger partial charge in [0.05, 0.1) is 5.69 Å². The van der Waals surface area contributed by atoms with Gasteiger partial charge in [-0.2, -0.15) is 0 Å². The molecule has 2 aromatic rings. The summed E-state index contributed by atoms with van der Waals surface area (Å²) < 4.78 is 0. The van der Waals surface area contributed by atoms with Crippen molar-refractivity contribution in [1.29, 1.82) is 0 Å². The van der Waals surface area contributed by atoms with Crippen LogP contribution < -0.4 is 5.32 Å². The zero-order chi connectivity index (χ0) is 23.7. The zero-order valence-electron chi connectivity index (χ0n) is 21.8. The Balaban J connectivity index is 2.68. The van der Waals surface area contributed by atoms with E-state index in [9.17, 15) is 0 Å². The molecule has 31 heavy (non-hydrogen) atoms. The normalized spacial score (nSPS) is 13.5. The third-order valence-corrected chi connectivity index (χ3v) is 5.66. The van der Waals surface area contributed by atoms with Crippen LogP contribution in [0.2, 0.25) is 0 Å². The molecule has 0 aliphatic rings. The van der Waals surface area contributed by atoms with Gasteiger partial charge < -0.3 is 5.32 Å². The van der Waals surface area contributed by atoms with Gasteiger partial charge in [-0.1, -0.05) is 76.9 Å². The second kappa shape index (κ2) is 9.02. The van der Waals surface area contributed by atoms with E-state index < -0.39 is 0 Å². The van der Waals surface area contributed by atoms with E-state index in [0.29, 0.717) is 0 Å². The van der Waals surface area contributed by atoms with E-state index in [4.69, 9.17) is 4.99 Å². The van der Waals surface area contributed by atoms with E-state index in [-0.39, 0.29) is 10.8 Å². The molecule has 0 saturated heterocycles. The number of hydrogen-bond acceptors (Lipinski definition) is 2. The van der Waals surface area contributed by atoms with Crippen LogP contribution in [0.1, 0.15) is 74.9 Å². The lowest BCUT2D eigenvalue weighted by Gasteiger charge is -2.29. The largest absolute Gasteiger partial charge is 0.358 e. The number of benzene rings is 2. The highest BCUT2D eigenvalue weighted by molar-refractivity contribution is 6.01. The van der Waals surface area contributed by atoms with E-state index in [0.717, 1.165) is 11.4 Å². The first-order valence-corrected chi connectivity index (χ1v) is 11.3. The minimum Gasteiger partial charge on any atom is -0.358 e. The maximum atomic E-state index is 5.22. The Hall–Kier alpha value is -2.35. The summed E-state index contributed by atoms with van der Waals surface area (Å²) in [6.07, 6.45) is 2.28. The molecule has 0 radical (unpaired) electrons. The third-order valence-electron chi connectivity index (χ3n) is 5.66. The highest BCUT2D eigenvalue weighted by Crippen LogP contribution is 2.34. The molecule has 2 nitrogen and oxygen atoms in total. The number of aliphatic imine (C=N–C) groups is 1. The van der Waals surface area contributed by atoms with E-state index in [1.807, 2.05) is 0 Å². The average Bonchev–Trinajstić information content (AvgIpc) is 2.55. The Morgan fingerprint density at radius 2 is 1.10 bits per heavy atom. The summed E-state index contributed by atoms with van der Waals surface area (Å²) in [5.41, 5.74) is 12.0. The van der Waals surface area contributed by atoms with Crippen molar-refractivity contribution >= 4 is 17.1 Å². The van der Waals surface area contributed by atoms with Crippen LogP contribution in [-0.4, -0.2) is 5.71 Å². The summed E-state index contributed by atoms with van der Waals surface area (Å²) in [6, 6.07) is 8.93. The van der Waals surface area contributed by atoms with Gasteiger partial charge >= 0.3 is 0 Å². The molecule has 0 aliphatic heterocycles. The molecule has 0 spiro atoms. The minimum absolute atomic E-state index is 0.0485. The van der Waals surface area contributed by atoms with Crippen LogP contribution >= 0.6 is 0 Å². The average molecular weight is 419 g/mol. The van der Waals surface area contributed by atoms with Gasteiger partial charge in [0.1, 0.15) is 0 Å². The van der Waals surface area contributed by atoms with Gasteiger partial charge in [0, 0.05) is 27.9 Å². The van der Waals surface area contributed by atoms with Crippen LogP contribution in [0.15, 0.2) is 41.0 Å². The van der Waals surface area contributed by atoms with Gasteiger partial charge in [-0.25, -0.2) is 0 Å². The molecule has 0 heterocycles. The Morgan fingerprint density at radius 3 is 1.48 bits per heavy atom. The molecular formula is C29H42N2. The van der Waals surface area contributed by atoms with E-state index in [1.54, 1.807) is 0 Å². The minimum atomic E-state index is -0.0840. The molecule has 0 aliphatic carbocycles. The van der Waals surface area contributed by atoms with Crippen LogP contribution in [0.5, 0.6) is 0 Å². The zero-order valence-corrected chi connectivity index (χ0v) is 21.8. The predicted molar refractivity (Wildman–Crippen MR) is 139 cm³/mol. The number of aryl methyl sites for hydroxylation is 6. The van der Waals surface area contributed by atoms with Crippen molar-refractivity contribution in [3.05, 3.63) is 69.4 Å². The summed E-state index contributed by atoms with van der Waals surface area (Å²) in [5, 5.41) is 3.79. The number of rotatable bonds is 4. The van der Waals surface area contributed by atoms with Gasteiger partial charge in [0.15, 0.2) is 0 Å². The van der Waals surface area contributed by atoms with Crippen molar-refractivity contribution in [3.8, 4) is 0 Å². The molecule has 2 aromatic carbocycles. The van der Waals surface area contributed by atoms with Crippen molar-refractivity contribution in [1.82, 2.24) is 0 Å².